The van der Waals surface area contributed by atoms with E-state index in [1.807, 2.05) is 26.2 Å². The quantitative estimate of drug-likeness (QED) is 0.896. The van der Waals surface area contributed by atoms with Crippen LogP contribution in [-0.4, -0.2) is 4.98 Å². The number of halogens is 2. The van der Waals surface area contributed by atoms with Gasteiger partial charge in [-0.25, -0.2) is 13.8 Å². The molecule has 0 saturated carbocycles. The summed E-state index contributed by atoms with van der Waals surface area (Å²) in [6.07, 6.45) is 0. The summed E-state index contributed by atoms with van der Waals surface area (Å²) in [6, 6.07) is 3.68. The molecule has 0 aliphatic heterocycles. The molecule has 0 spiro atoms. The van der Waals surface area contributed by atoms with Crippen molar-refractivity contribution >= 4 is 22.2 Å². The summed E-state index contributed by atoms with van der Waals surface area (Å²) in [5.41, 5.74) is 0.372. The molecule has 2 rings (SSSR count). The number of anilines is 2. The minimum Gasteiger partial charge on any atom is -0.327 e. The Morgan fingerprint density at radius 2 is 1.85 bits per heavy atom. The monoisotopic (exact) mass is 293 g/mol. The van der Waals surface area contributed by atoms with Gasteiger partial charge >= 0.3 is 0 Å². The van der Waals surface area contributed by atoms with Crippen molar-refractivity contribution in [1.82, 2.24) is 4.98 Å². The largest absolute Gasteiger partial charge is 0.327 e. The number of nitrogens with zero attached hydrogens (tertiary/aromatic N) is 2. The standard InChI is InChI=1S/C14H13F2N3S/c1-14(2,3)11-7-20-13(18-11)19-12-9(15)4-8(6-17)5-10(12)16/h4-5,7H,1-3H3,(H,18,19). The highest BCUT2D eigenvalue weighted by Crippen LogP contribution is 2.30. The third-order valence-corrected chi connectivity index (χ3v) is 3.43. The molecule has 0 bridgehead atoms. The van der Waals surface area contributed by atoms with Gasteiger partial charge in [-0.1, -0.05) is 20.8 Å². The van der Waals surface area contributed by atoms with E-state index >= 15 is 0 Å². The fourth-order valence-corrected chi connectivity index (χ4v) is 2.48. The van der Waals surface area contributed by atoms with Crippen molar-refractivity contribution in [3.05, 3.63) is 40.4 Å². The first kappa shape index (κ1) is 14.4. The molecule has 6 heteroatoms. The maximum absolute atomic E-state index is 13.7. The normalized spacial score (nSPS) is 11.2. The van der Waals surface area contributed by atoms with Crippen LogP contribution in [0.1, 0.15) is 32.0 Å². The molecular weight excluding hydrogens is 280 g/mol. The van der Waals surface area contributed by atoms with Crippen LogP contribution in [0.3, 0.4) is 0 Å². The van der Waals surface area contributed by atoms with Crippen molar-refractivity contribution in [3.63, 3.8) is 0 Å². The smallest absolute Gasteiger partial charge is 0.187 e. The summed E-state index contributed by atoms with van der Waals surface area (Å²) in [7, 11) is 0. The third-order valence-electron chi connectivity index (χ3n) is 2.68. The molecule has 1 aromatic heterocycles. The van der Waals surface area contributed by atoms with Gasteiger partial charge in [-0.2, -0.15) is 5.26 Å². The first-order chi connectivity index (χ1) is 9.31. The summed E-state index contributed by atoms with van der Waals surface area (Å²) in [5, 5.41) is 13.5. The molecule has 20 heavy (non-hydrogen) atoms. The highest BCUT2D eigenvalue weighted by molar-refractivity contribution is 7.13. The molecule has 1 heterocycles. The fourth-order valence-electron chi connectivity index (χ4n) is 1.54. The van der Waals surface area contributed by atoms with E-state index in [1.54, 1.807) is 6.07 Å². The number of nitriles is 1. The lowest BCUT2D eigenvalue weighted by Crippen LogP contribution is -2.11. The van der Waals surface area contributed by atoms with Gasteiger partial charge in [0.05, 0.1) is 17.3 Å². The van der Waals surface area contributed by atoms with Crippen molar-refractivity contribution in [3.8, 4) is 6.07 Å². The van der Waals surface area contributed by atoms with Gasteiger partial charge in [-0.05, 0) is 12.1 Å². The van der Waals surface area contributed by atoms with Gasteiger partial charge in [0.1, 0.15) is 5.69 Å². The van der Waals surface area contributed by atoms with Crippen LogP contribution in [0.15, 0.2) is 17.5 Å². The highest BCUT2D eigenvalue weighted by atomic mass is 32.1. The molecule has 2 aromatic rings. The number of aromatic nitrogens is 1. The van der Waals surface area contributed by atoms with Crippen LogP contribution in [0.5, 0.6) is 0 Å². The van der Waals surface area contributed by atoms with Gasteiger partial charge in [-0.15, -0.1) is 11.3 Å². The van der Waals surface area contributed by atoms with Crippen molar-refractivity contribution < 1.29 is 8.78 Å². The molecule has 1 N–H and O–H groups in total. The summed E-state index contributed by atoms with van der Waals surface area (Å²) in [4.78, 5) is 4.31. The predicted octanol–water partition coefficient (Wildman–Crippen LogP) is 4.33. The number of hydrogen-bond donors (Lipinski definition) is 1. The molecule has 0 amide bonds. The Balaban J connectivity index is 2.32. The third kappa shape index (κ3) is 2.94. The minimum absolute atomic E-state index is 0.0555. The molecule has 0 fully saturated rings. The molecule has 3 nitrogen and oxygen atoms in total. The number of benzene rings is 1. The van der Waals surface area contributed by atoms with Crippen LogP contribution in [0, 0.1) is 23.0 Å². The summed E-state index contributed by atoms with van der Waals surface area (Å²) < 4.78 is 27.5. The van der Waals surface area contributed by atoms with Gasteiger partial charge in [0.25, 0.3) is 0 Å². The van der Waals surface area contributed by atoms with Gasteiger partial charge < -0.3 is 5.32 Å². The average molecular weight is 293 g/mol. The Morgan fingerprint density at radius 1 is 1.25 bits per heavy atom. The lowest BCUT2D eigenvalue weighted by molar-refractivity contribution is 0.573. The van der Waals surface area contributed by atoms with Crippen LogP contribution in [-0.2, 0) is 5.41 Å². The maximum atomic E-state index is 13.7. The van der Waals surface area contributed by atoms with E-state index in [0.29, 0.717) is 5.13 Å². The second-order valence-corrected chi connectivity index (χ2v) is 6.20. The second-order valence-electron chi connectivity index (χ2n) is 5.34. The second kappa shape index (κ2) is 5.17. The predicted molar refractivity (Wildman–Crippen MR) is 75.2 cm³/mol. The van der Waals surface area contributed by atoms with Crippen LogP contribution < -0.4 is 5.32 Å². The number of hydrogen-bond acceptors (Lipinski definition) is 4. The summed E-state index contributed by atoms with van der Waals surface area (Å²) >= 11 is 1.28. The Kier molecular flexibility index (Phi) is 3.73. The molecule has 0 aliphatic rings. The van der Waals surface area contributed by atoms with E-state index in [-0.39, 0.29) is 16.7 Å². The molecule has 104 valence electrons. The lowest BCUT2D eigenvalue weighted by Gasteiger charge is -2.14. The number of thiazole rings is 1. The first-order valence-electron chi connectivity index (χ1n) is 5.93. The zero-order valence-electron chi connectivity index (χ0n) is 11.3. The minimum atomic E-state index is -0.811. The molecular formula is C14H13F2N3S. The first-order valence-corrected chi connectivity index (χ1v) is 6.81. The van der Waals surface area contributed by atoms with E-state index in [9.17, 15) is 8.78 Å². The molecule has 0 atom stereocenters. The van der Waals surface area contributed by atoms with Gasteiger partial charge in [0, 0.05) is 10.8 Å². The van der Waals surface area contributed by atoms with E-state index in [2.05, 4.69) is 10.3 Å². The molecule has 0 saturated heterocycles. The molecule has 0 aliphatic carbocycles. The lowest BCUT2D eigenvalue weighted by atomic mass is 9.93. The van der Waals surface area contributed by atoms with Crippen LogP contribution in [0.4, 0.5) is 19.6 Å². The topological polar surface area (TPSA) is 48.7 Å². The van der Waals surface area contributed by atoms with Crippen LogP contribution >= 0.6 is 11.3 Å². The zero-order chi connectivity index (χ0) is 14.9. The summed E-state index contributed by atoms with van der Waals surface area (Å²) in [6.45, 7) is 6.03. The number of rotatable bonds is 2. The highest BCUT2D eigenvalue weighted by Gasteiger charge is 2.19. The van der Waals surface area contributed by atoms with Crippen molar-refractivity contribution in [2.75, 3.05) is 5.32 Å². The van der Waals surface area contributed by atoms with Gasteiger partial charge in [-0.3, -0.25) is 0 Å². The summed E-state index contributed by atoms with van der Waals surface area (Å²) in [5.74, 6) is -1.62. The number of nitrogens with one attached hydrogen (secondary N) is 1. The van der Waals surface area contributed by atoms with E-state index in [4.69, 9.17) is 5.26 Å². The fraction of sp³-hybridized carbons (Fsp3) is 0.286. The molecule has 0 radical (unpaired) electrons. The van der Waals surface area contributed by atoms with E-state index < -0.39 is 11.6 Å². The van der Waals surface area contributed by atoms with E-state index in [0.717, 1.165) is 17.8 Å². The van der Waals surface area contributed by atoms with Gasteiger partial charge in [0.2, 0.25) is 0 Å². The average Bonchev–Trinajstić information content (AvgIpc) is 2.82. The van der Waals surface area contributed by atoms with Crippen LogP contribution in [0.25, 0.3) is 0 Å². The van der Waals surface area contributed by atoms with E-state index in [1.165, 1.54) is 11.3 Å². The van der Waals surface area contributed by atoms with Gasteiger partial charge in [0.15, 0.2) is 16.8 Å². The molecule has 1 aromatic carbocycles. The zero-order valence-corrected chi connectivity index (χ0v) is 12.1. The van der Waals surface area contributed by atoms with Crippen molar-refractivity contribution in [2.24, 2.45) is 0 Å². The Labute approximate surface area is 119 Å². The Morgan fingerprint density at radius 3 is 2.30 bits per heavy atom. The Bertz CT molecular complexity index is 657. The van der Waals surface area contributed by atoms with Crippen molar-refractivity contribution in [2.45, 2.75) is 26.2 Å². The van der Waals surface area contributed by atoms with Crippen molar-refractivity contribution in [1.29, 1.82) is 5.26 Å². The molecule has 0 unspecified atom stereocenters. The SMILES string of the molecule is CC(C)(C)c1csc(Nc2c(F)cc(C#N)cc2F)n1. The maximum Gasteiger partial charge on any atom is 0.187 e. The Hall–Kier alpha value is -2.00. The van der Waals surface area contributed by atoms with Crippen LogP contribution in [0.2, 0.25) is 0 Å².